The molecule has 0 saturated heterocycles. The van der Waals surface area contributed by atoms with Crippen molar-refractivity contribution in [3.63, 3.8) is 0 Å². The highest BCUT2D eigenvalue weighted by Gasteiger charge is 2.20. The molecule has 2 rings (SSSR count). The van der Waals surface area contributed by atoms with E-state index in [1.165, 1.54) is 37.2 Å². The van der Waals surface area contributed by atoms with Crippen LogP contribution in [0.25, 0.3) is 0 Å². The maximum absolute atomic E-state index is 8.74. The number of nitriles is 1. The van der Waals surface area contributed by atoms with Gasteiger partial charge in [0, 0.05) is 5.92 Å². The smallest absolute Gasteiger partial charge is 0.0991 e. The first-order valence-electron chi connectivity index (χ1n) is 5.81. The normalized spacial score (nSPS) is 17.9. The summed E-state index contributed by atoms with van der Waals surface area (Å²) in [5.41, 5.74) is 2.05. The zero-order valence-corrected chi connectivity index (χ0v) is 9.45. The van der Waals surface area contributed by atoms with E-state index in [0.717, 1.165) is 5.56 Å². The molecule has 0 aromatic heterocycles. The Bertz CT molecular complexity index is 388. The lowest BCUT2D eigenvalue weighted by molar-refractivity contribution is 0.456. The Morgan fingerprint density at radius 1 is 1.19 bits per heavy atom. The van der Waals surface area contributed by atoms with Gasteiger partial charge < -0.3 is 0 Å². The number of benzene rings is 1. The van der Waals surface area contributed by atoms with E-state index in [1.807, 2.05) is 12.1 Å². The first kappa shape index (κ1) is 11.0. The van der Waals surface area contributed by atoms with Crippen molar-refractivity contribution in [2.45, 2.75) is 25.7 Å². The summed E-state index contributed by atoms with van der Waals surface area (Å²) in [5, 5.41) is 8.74. The fourth-order valence-corrected chi connectivity index (χ4v) is 2.29. The molecule has 1 heteroatoms. The second-order valence-electron chi connectivity index (χ2n) is 4.37. The quantitative estimate of drug-likeness (QED) is 0.680. The second kappa shape index (κ2) is 4.99. The van der Waals surface area contributed by atoms with Gasteiger partial charge in [0.25, 0.3) is 0 Å². The molecule has 1 aromatic rings. The monoisotopic (exact) mass is 210 g/mol. The molecular weight excluding hydrogens is 194 g/mol. The predicted molar refractivity (Wildman–Crippen MR) is 65.7 cm³/mol. The van der Waals surface area contributed by atoms with Crippen molar-refractivity contribution < 1.29 is 0 Å². The van der Waals surface area contributed by atoms with Crippen LogP contribution >= 0.6 is 0 Å². The number of allylic oxidation sites excluding steroid dienone is 1. The first-order valence-corrected chi connectivity index (χ1v) is 5.81. The maximum Gasteiger partial charge on any atom is 0.0991 e. The summed E-state index contributed by atoms with van der Waals surface area (Å²) in [7, 11) is 0. The third-order valence-electron chi connectivity index (χ3n) is 3.39. The van der Waals surface area contributed by atoms with Crippen LogP contribution < -0.4 is 0 Å². The molecule has 0 amide bonds. The third-order valence-corrected chi connectivity index (χ3v) is 3.39. The molecule has 1 saturated carbocycles. The molecule has 0 atom stereocenters. The van der Waals surface area contributed by atoms with Gasteiger partial charge in [-0.2, -0.15) is 5.26 Å². The Morgan fingerprint density at radius 3 is 2.31 bits per heavy atom. The molecule has 0 unspecified atom stereocenters. The van der Waals surface area contributed by atoms with Gasteiger partial charge in [0.15, 0.2) is 0 Å². The van der Waals surface area contributed by atoms with Crippen LogP contribution in [-0.4, -0.2) is 0 Å². The number of rotatable bonds is 2. The lowest BCUT2D eigenvalue weighted by atomic mass is 9.79. The van der Waals surface area contributed by atoms with Gasteiger partial charge in [0.2, 0.25) is 0 Å². The van der Waals surface area contributed by atoms with Crippen LogP contribution in [0.2, 0.25) is 0 Å². The average Bonchev–Trinajstić information content (AvgIpc) is 2.39. The maximum atomic E-state index is 8.74. The molecule has 1 aromatic carbocycles. The summed E-state index contributed by atoms with van der Waals surface area (Å²) in [4.78, 5) is 0. The Balaban J connectivity index is 2.03. The summed E-state index contributed by atoms with van der Waals surface area (Å²) < 4.78 is 0. The van der Waals surface area contributed by atoms with Gasteiger partial charge >= 0.3 is 0 Å². The van der Waals surface area contributed by atoms with E-state index in [9.17, 15) is 0 Å². The molecule has 1 fully saturated rings. The number of hydrogen-bond donors (Lipinski definition) is 0. The molecule has 0 aliphatic heterocycles. The van der Waals surface area contributed by atoms with Crippen molar-refractivity contribution >= 4 is 0 Å². The lowest BCUT2D eigenvalue weighted by Gasteiger charge is -2.26. The van der Waals surface area contributed by atoms with Gasteiger partial charge in [-0.25, -0.2) is 0 Å². The Kier molecular flexibility index (Phi) is 3.41. The topological polar surface area (TPSA) is 23.8 Å². The number of nitrogens with zero attached hydrogens (tertiary/aromatic N) is 1. The zero-order chi connectivity index (χ0) is 11.4. The van der Waals surface area contributed by atoms with Crippen molar-refractivity contribution in [3.8, 4) is 6.07 Å². The van der Waals surface area contributed by atoms with E-state index in [2.05, 4.69) is 30.9 Å². The molecule has 16 heavy (non-hydrogen) atoms. The minimum Gasteiger partial charge on any atom is -0.192 e. The SMILES string of the molecule is C=CC1CC[C](c2ccc(C#N)cc2)CC1. The van der Waals surface area contributed by atoms with E-state index in [0.29, 0.717) is 5.92 Å². The molecule has 0 bridgehead atoms. The van der Waals surface area contributed by atoms with E-state index < -0.39 is 0 Å². The van der Waals surface area contributed by atoms with Gasteiger partial charge in [0.05, 0.1) is 11.6 Å². The molecule has 1 aliphatic carbocycles. The van der Waals surface area contributed by atoms with E-state index >= 15 is 0 Å². The summed E-state index contributed by atoms with van der Waals surface area (Å²) in [6.45, 7) is 3.86. The molecule has 0 heterocycles. The highest BCUT2D eigenvalue weighted by atomic mass is 14.3. The van der Waals surface area contributed by atoms with Crippen LogP contribution in [0.4, 0.5) is 0 Å². The highest BCUT2D eigenvalue weighted by Crippen LogP contribution is 2.35. The van der Waals surface area contributed by atoms with Crippen LogP contribution in [-0.2, 0) is 0 Å². The Labute approximate surface area is 97.4 Å². The molecule has 0 spiro atoms. The Morgan fingerprint density at radius 2 is 1.81 bits per heavy atom. The van der Waals surface area contributed by atoms with Crippen molar-refractivity contribution in [1.82, 2.24) is 0 Å². The van der Waals surface area contributed by atoms with Gasteiger partial charge in [-0.05, 0) is 49.3 Å². The largest absolute Gasteiger partial charge is 0.192 e. The lowest BCUT2D eigenvalue weighted by Crippen LogP contribution is -2.12. The molecule has 1 aliphatic rings. The Hall–Kier alpha value is -1.55. The predicted octanol–water partition coefficient (Wildman–Crippen LogP) is 3.86. The summed E-state index contributed by atoms with van der Waals surface area (Å²) in [6.07, 6.45) is 6.86. The van der Waals surface area contributed by atoms with Crippen molar-refractivity contribution in [2.75, 3.05) is 0 Å². The fourth-order valence-electron chi connectivity index (χ4n) is 2.29. The minimum absolute atomic E-state index is 0.696. The molecule has 1 radical (unpaired) electrons. The fraction of sp³-hybridized carbons (Fsp3) is 0.333. The second-order valence-corrected chi connectivity index (χ2v) is 4.37. The van der Waals surface area contributed by atoms with Crippen LogP contribution in [0.1, 0.15) is 36.8 Å². The van der Waals surface area contributed by atoms with E-state index in [-0.39, 0.29) is 0 Å². The van der Waals surface area contributed by atoms with Gasteiger partial charge in [-0.1, -0.05) is 18.2 Å². The van der Waals surface area contributed by atoms with Crippen molar-refractivity contribution in [1.29, 1.82) is 5.26 Å². The van der Waals surface area contributed by atoms with Crippen LogP contribution in [0.15, 0.2) is 36.9 Å². The van der Waals surface area contributed by atoms with Gasteiger partial charge in [-0.3, -0.25) is 0 Å². The summed E-state index contributed by atoms with van der Waals surface area (Å²) in [6, 6.07) is 10.1. The van der Waals surface area contributed by atoms with E-state index in [1.54, 1.807) is 0 Å². The summed E-state index contributed by atoms with van der Waals surface area (Å²) in [5.74, 6) is 2.23. The molecule has 81 valence electrons. The highest BCUT2D eigenvalue weighted by molar-refractivity contribution is 5.38. The van der Waals surface area contributed by atoms with Gasteiger partial charge in [-0.15, -0.1) is 6.58 Å². The molecule has 1 nitrogen and oxygen atoms in total. The molecule has 0 N–H and O–H groups in total. The average molecular weight is 210 g/mol. The first-order chi connectivity index (χ1) is 7.83. The zero-order valence-electron chi connectivity index (χ0n) is 9.45. The standard InChI is InChI=1S/C15H16N/c1-2-12-3-7-14(8-4-12)15-9-5-13(11-16)6-10-15/h2,5-6,9-10,12H,1,3-4,7-8H2. The molecular formula is C15H16N. The van der Waals surface area contributed by atoms with E-state index in [4.69, 9.17) is 5.26 Å². The summed E-state index contributed by atoms with van der Waals surface area (Å²) >= 11 is 0. The van der Waals surface area contributed by atoms with Gasteiger partial charge in [0.1, 0.15) is 0 Å². The van der Waals surface area contributed by atoms with Crippen molar-refractivity contribution in [2.24, 2.45) is 5.92 Å². The van der Waals surface area contributed by atoms with Crippen LogP contribution in [0.5, 0.6) is 0 Å². The van der Waals surface area contributed by atoms with Crippen molar-refractivity contribution in [3.05, 3.63) is 54.0 Å². The minimum atomic E-state index is 0.696. The van der Waals surface area contributed by atoms with Crippen LogP contribution in [0.3, 0.4) is 0 Å². The van der Waals surface area contributed by atoms with Crippen LogP contribution in [0, 0.1) is 23.2 Å². The number of hydrogen-bond acceptors (Lipinski definition) is 1. The third kappa shape index (κ3) is 2.33.